The van der Waals surface area contributed by atoms with Crippen LogP contribution >= 0.6 is 0 Å². The third-order valence-corrected chi connectivity index (χ3v) is 2.07. The maximum atomic E-state index is 10.4. The molecule has 5 nitrogen and oxygen atoms in total. The summed E-state index contributed by atoms with van der Waals surface area (Å²) in [4.78, 5) is 20.8. The average Bonchev–Trinajstić information content (AvgIpc) is 2.27. The average molecular weight is 245 g/mol. The van der Waals surface area contributed by atoms with Gasteiger partial charge in [-0.25, -0.2) is 0 Å². The van der Waals surface area contributed by atoms with Gasteiger partial charge in [-0.15, -0.1) is 0 Å². The third kappa shape index (κ3) is 4.13. The lowest BCUT2D eigenvalue weighted by molar-refractivity contribution is -0.312. The van der Waals surface area contributed by atoms with Crippen LogP contribution in [0.2, 0.25) is 0 Å². The van der Waals surface area contributed by atoms with Crippen LogP contribution in [0.1, 0.15) is 5.56 Å². The second kappa shape index (κ2) is 6.24. The Morgan fingerprint density at radius 1 is 1.22 bits per heavy atom. The van der Waals surface area contributed by atoms with E-state index in [4.69, 9.17) is 0 Å². The molecule has 0 atom stereocenters. The Morgan fingerprint density at radius 3 is 2.44 bits per heavy atom. The van der Waals surface area contributed by atoms with E-state index in [1.807, 2.05) is 31.2 Å². The summed E-state index contributed by atoms with van der Waals surface area (Å²) in [6.07, 6.45) is 3.57. The molecule has 1 rings (SSSR count). The van der Waals surface area contributed by atoms with Gasteiger partial charge in [0.1, 0.15) is 0 Å². The Bertz CT molecular complexity index is 501. The normalized spacial score (nSPS) is 10.1. The van der Waals surface area contributed by atoms with Crippen molar-refractivity contribution in [2.45, 2.75) is 6.92 Å². The quantitative estimate of drug-likeness (QED) is 0.322. The van der Waals surface area contributed by atoms with Crippen molar-refractivity contribution in [3.05, 3.63) is 53.8 Å². The SMILES string of the molecule is Cc1cccc(N/C=C/C=C(C(=O)[O-])C(=O)[O-])c1. The van der Waals surface area contributed by atoms with Crippen molar-refractivity contribution in [3.8, 4) is 0 Å². The number of anilines is 1. The Morgan fingerprint density at radius 2 is 1.89 bits per heavy atom. The van der Waals surface area contributed by atoms with Crippen molar-refractivity contribution in [3.63, 3.8) is 0 Å². The number of nitrogens with one attached hydrogen (secondary N) is 1. The molecule has 0 aliphatic heterocycles. The fourth-order valence-electron chi connectivity index (χ4n) is 1.24. The molecule has 0 aliphatic carbocycles. The summed E-state index contributed by atoms with van der Waals surface area (Å²) in [6, 6.07) is 7.49. The molecule has 0 aliphatic rings. The molecule has 0 unspecified atom stereocenters. The predicted octanol–water partition coefficient (Wildman–Crippen LogP) is -0.653. The molecule has 5 heteroatoms. The monoisotopic (exact) mass is 245 g/mol. The first-order valence-electron chi connectivity index (χ1n) is 5.13. The summed E-state index contributed by atoms with van der Waals surface area (Å²) in [5, 5.41) is 23.7. The Labute approximate surface area is 104 Å². The molecule has 0 saturated carbocycles. The summed E-state index contributed by atoms with van der Waals surface area (Å²) >= 11 is 0. The summed E-state index contributed by atoms with van der Waals surface area (Å²) < 4.78 is 0. The second-order valence-corrected chi connectivity index (χ2v) is 3.53. The van der Waals surface area contributed by atoms with E-state index in [2.05, 4.69) is 5.32 Å². The first-order chi connectivity index (χ1) is 8.50. The van der Waals surface area contributed by atoms with Crippen molar-refractivity contribution >= 4 is 17.6 Å². The first-order valence-corrected chi connectivity index (χ1v) is 5.13. The van der Waals surface area contributed by atoms with E-state index in [9.17, 15) is 19.8 Å². The van der Waals surface area contributed by atoms with E-state index in [0.717, 1.165) is 17.3 Å². The molecule has 0 radical (unpaired) electrons. The molecule has 94 valence electrons. The van der Waals surface area contributed by atoms with Crippen LogP contribution in [-0.2, 0) is 9.59 Å². The minimum absolute atomic E-state index is 0.808. The minimum Gasteiger partial charge on any atom is -0.545 e. The molecule has 0 spiro atoms. The number of allylic oxidation sites excluding steroid dienone is 2. The van der Waals surface area contributed by atoms with Gasteiger partial charge < -0.3 is 25.1 Å². The highest BCUT2D eigenvalue weighted by molar-refractivity contribution is 6.10. The summed E-state index contributed by atoms with van der Waals surface area (Å²) in [6.45, 7) is 1.93. The van der Waals surface area contributed by atoms with Gasteiger partial charge in [0.25, 0.3) is 0 Å². The third-order valence-electron chi connectivity index (χ3n) is 2.07. The van der Waals surface area contributed by atoms with Gasteiger partial charge in [-0.05, 0) is 36.8 Å². The molecule has 0 amide bonds. The fraction of sp³-hybridized carbons (Fsp3) is 0.0769. The van der Waals surface area contributed by atoms with Crippen molar-refractivity contribution in [2.75, 3.05) is 5.32 Å². The maximum Gasteiger partial charge on any atom is 0.0733 e. The van der Waals surface area contributed by atoms with Crippen molar-refractivity contribution in [2.24, 2.45) is 0 Å². The summed E-state index contributed by atoms with van der Waals surface area (Å²) in [7, 11) is 0. The maximum absolute atomic E-state index is 10.4. The molecule has 1 N–H and O–H groups in total. The zero-order valence-corrected chi connectivity index (χ0v) is 9.67. The number of hydrogen-bond donors (Lipinski definition) is 1. The molecular weight excluding hydrogens is 234 g/mol. The second-order valence-electron chi connectivity index (χ2n) is 3.53. The van der Waals surface area contributed by atoms with E-state index < -0.39 is 17.5 Å². The topological polar surface area (TPSA) is 92.3 Å². The fourth-order valence-corrected chi connectivity index (χ4v) is 1.24. The zero-order chi connectivity index (χ0) is 13.5. The van der Waals surface area contributed by atoms with Crippen LogP contribution < -0.4 is 15.5 Å². The lowest BCUT2D eigenvalue weighted by Gasteiger charge is -2.07. The lowest BCUT2D eigenvalue weighted by Crippen LogP contribution is -2.36. The van der Waals surface area contributed by atoms with Crippen LogP contribution in [0.3, 0.4) is 0 Å². The van der Waals surface area contributed by atoms with E-state index in [-0.39, 0.29) is 0 Å². The molecule has 0 aromatic heterocycles. The van der Waals surface area contributed by atoms with E-state index in [0.29, 0.717) is 0 Å². The standard InChI is InChI=1S/C13H13NO4/c1-9-4-2-5-10(8-9)14-7-3-6-11(12(15)16)13(17)18/h2-8,14H,1H3,(H,15,16)(H,17,18)/p-2/b7-3+. The number of benzene rings is 1. The number of carboxylic acid groups (broad SMARTS) is 2. The molecule has 0 bridgehead atoms. The molecule has 0 fully saturated rings. The first kappa shape index (κ1) is 13.5. The highest BCUT2D eigenvalue weighted by Gasteiger charge is 1.96. The van der Waals surface area contributed by atoms with Gasteiger partial charge >= 0.3 is 0 Å². The molecule has 1 aromatic rings. The van der Waals surface area contributed by atoms with Crippen LogP contribution in [0.5, 0.6) is 0 Å². The number of carboxylic acids is 2. The smallest absolute Gasteiger partial charge is 0.0733 e. The van der Waals surface area contributed by atoms with Gasteiger partial charge in [0.15, 0.2) is 0 Å². The van der Waals surface area contributed by atoms with Gasteiger partial charge in [0.05, 0.1) is 11.9 Å². The van der Waals surface area contributed by atoms with Crippen molar-refractivity contribution in [1.82, 2.24) is 0 Å². The number of carbonyl (C=O) groups is 2. The van der Waals surface area contributed by atoms with Gasteiger partial charge in [-0.2, -0.15) is 0 Å². The van der Waals surface area contributed by atoms with Gasteiger partial charge in [0.2, 0.25) is 0 Å². The minimum atomic E-state index is -1.78. The highest BCUT2D eigenvalue weighted by atomic mass is 16.4. The molecule has 0 heterocycles. The van der Waals surface area contributed by atoms with Crippen LogP contribution in [0.4, 0.5) is 5.69 Å². The Kier molecular flexibility index (Phi) is 4.68. The number of carbonyl (C=O) groups excluding carboxylic acids is 2. The molecule has 1 aromatic carbocycles. The number of aliphatic carboxylic acids is 2. The molecule has 0 saturated heterocycles. The molecule has 18 heavy (non-hydrogen) atoms. The number of hydrogen-bond acceptors (Lipinski definition) is 5. The van der Waals surface area contributed by atoms with E-state index in [1.165, 1.54) is 12.3 Å². The van der Waals surface area contributed by atoms with Crippen LogP contribution in [0, 0.1) is 6.92 Å². The number of aryl methyl sites for hydroxylation is 1. The van der Waals surface area contributed by atoms with Crippen LogP contribution in [-0.4, -0.2) is 11.9 Å². The summed E-state index contributed by atoms with van der Waals surface area (Å²) in [5.41, 5.74) is 0.967. The van der Waals surface area contributed by atoms with E-state index >= 15 is 0 Å². The molecular formula is C13H11NO4-2. The van der Waals surface area contributed by atoms with Crippen LogP contribution in [0.15, 0.2) is 48.2 Å². The van der Waals surface area contributed by atoms with Crippen molar-refractivity contribution < 1.29 is 19.8 Å². The van der Waals surface area contributed by atoms with E-state index in [1.54, 1.807) is 0 Å². The van der Waals surface area contributed by atoms with Gasteiger partial charge in [-0.3, -0.25) is 0 Å². The van der Waals surface area contributed by atoms with Gasteiger partial charge in [-0.1, -0.05) is 12.1 Å². The van der Waals surface area contributed by atoms with Gasteiger partial charge in [0, 0.05) is 17.5 Å². The van der Waals surface area contributed by atoms with Crippen molar-refractivity contribution in [1.29, 1.82) is 0 Å². The summed E-state index contributed by atoms with van der Waals surface area (Å²) in [5.74, 6) is -3.56. The lowest BCUT2D eigenvalue weighted by atomic mass is 10.2. The zero-order valence-electron chi connectivity index (χ0n) is 9.67. The predicted molar refractivity (Wildman–Crippen MR) is 62.0 cm³/mol. The Balaban J connectivity index is 2.68. The number of rotatable bonds is 5. The van der Waals surface area contributed by atoms with Crippen LogP contribution in [0.25, 0.3) is 0 Å². The largest absolute Gasteiger partial charge is 0.545 e. The Hall–Kier alpha value is -2.56. The highest BCUT2D eigenvalue weighted by Crippen LogP contribution is 2.09.